The number of rotatable bonds is 11. The molecule has 0 bridgehead atoms. The van der Waals surface area contributed by atoms with Gasteiger partial charge in [-0.05, 0) is 66.4 Å². The van der Waals surface area contributed by atoms with Crippen LogP contribution in [0.2, 0.25) is 0 Å². The fourth-order valence-corrected chi connectivity index (χ4v) is 4.92. The molecule has 1 N–H and O–H groups in total. The summed E-state index contributed by atoms with van der Waals surface area (Å²) in [5.41, 5.74) is 2.28. The Balaban J connectivity index is 1.79. The minimum absolute atomic E-state index is 0.0941. The van der Waals surface area contributed by atoms with Crippen molar-refractivity contribution >= 4 is 33.3 Å². The van der Waals surface area contributed by atoms with Crippen molar-refractivity contribution in [1.82, 2.24) is 0 Å². The van der Waals surface area contributed by atoms with Gasteiger partial charge in [-0.15, -0.1) is 0 Å². The van der Waals surface area contributed by atoms with E-state index in [1.54, 1.807) is 54.6 Å². The highest BCUT2D eigenvalue weighted by atomic mass is 32.2. The Kier molecular flexibility index (Phi) is 9.25. The zero-order chi connectivity index (χ0) is 26.1. The Morgan fingerprint density at radius 2 is 1.56 bits per heavy atom. The molecular weight excluding hydrogens is 476 g/mol. The predicted octanol–water partition coefficient (Wildman–Crippen LogP) is 5.60. The summed E-state index contributed by atoms with van der Waals surface area (Å²) in [7, 11) is -3.99. The second-order valence-electron chi connectivity index (χ2n) is 8.69. The smallest absolute Gasteiger partial charge is 0.338 e. The predicted molar refractivity (Wildman–Crippen MR) is 142 cm³/mol. The topological polar surface area (TPSA) is 92.8 Å². The highest BCUT2D eigenvalue weighted by Gasteiger charge is 2.27. The Hall–Kier alpha value is -3.65. The van der Waals surface area contributed by atoms with E-state index in [-0.39, 0.29) is 10.8 Å². The summed E-state index contributed by atoms with van der Waals surface area (Å²) < 4.78 is 33.2. The molecule has 3 aromatic carbocycles. The van der Waals surface area contributed by atoms with E-state index < -0.39 is 28.4 Å². The number of sulfonamides is 1. The molecule has 36 heavy (non-hydrogen) atoms. The molecular formula is C28H32N2O5S. The quantitative estimate of drug-likeness (QED) is 0.269. The van der Waals surface area contributed by atoms with Crippen LogP contribution in [0.25, 0.3) is 0 Å². The highest BCUT2D eigenvalue weighted by molar-refractivity contribution is 7.92. The molecule has 0 aliphatic carbocycles. The summed E-state index contributed by atoms with van der Waals surface area (Å²) in [5, 5.41) is 2.72. The molecule has 0 aromatic heterocycles. The number of unbranched alkanes of at least 4 members (excludes halogenated alkanes) is 1. The minimum Gasteiger partial charge on any atom is -0.462 e. The number of benzene rings is 3. The first kappa shape index (κ1) is 26.9. The summed E-state index contributed by atoms with van der Waals surface area (Å²) in [6.07, 6.45) is 1.72. The number of nitrogens with zero attached hydrogens (tertiary/aromatic N) is 1. The molecule has 0 aliphatic heterocycles. The first-order valence-electron chi connectivity index (χ1n) is 12.0. The third kappa shape index (κ3) is 6.95. The SMILES string of the molecule is CCCCOC(=O)c1ccc(NC(=O)CN(c2ccc(C(C)C)cc2)S(=O)(=O)c2ccccc2)cc1. The molecule has 7 nitrogen and oxygen atoms in total. The number of amides is 1. The van der Waals surface area contributed by atoms with Crippen LogP contribution in [0.3, 0.4) is 0 Å². The number of nitrogens with one attached hydrogen (secondary N) is 1. The Bertz CT molecular complexity index is 1260. The van der Waals surface area contributed by atoms with Crippen molar-refractivity contribution in [3.8, 4) is 0 Å². The van der Waals surface area contributed by atoms with Gasteiger partial charge in [0.25, 0.3) is 10.0 Å². The van der Waals surface area contributed by atoms with Gasteiger partial charge >= 0.3 is 5.97 Å². The Labute approximate surface area is 213 Å². The molecule has 8 heteroatoms. The normalized spacial score (nSPS) is 11.2. The summed E-state index contributed by atoms with van der Waals surface area (Å²) >= 11 is 0. The van der Waals surface area contributed by atoms with Gasteiger partial charge in [0.05, 0.1) is 22.8 Å². The van der Waals surface area contributed by atoms with Crippen LogP contribution in [-0.2, 0) is 19.6 Å². The molecule has 0 aliphatic rings. The van der Waals surface area contributed by atoms with Crippen LogP contribution < -0.4 is 9.62 Å². The van der Waals surface area contributed by atoms with Crippen molar-refractivity contribution in [3.63, 3.8) is 0 Å². The lowest BCUT2D eigenvalue weighted by Crippen LogP contribution is -2.38. The first-order valence-corrected chi connectivity index (χ1v) is 13.4. The fourth-order valence-electron chi connectivity index (χ4n) is 3.47. The van der Waals surface area contributed by atoms with Gasteiger partial charge < -0.3 is 10.1 Å². The number of hydrogen-bond acceptors (Lipinski definition) is 5. The number of esters is 1. The van der Waals surface area contributed by atoms with Gasteiger partial charge in [0.1, 0.15) is 6.54 Å². The molecule has 0 fully saturated rings. The molecule has 0 saturated heterocycles. The number of anilines is 2. The van der Waals surface area contributed by atoms with Crippen LogP contribution in [0.5, 0.6) is 0 Å². The van der Waals surface area contributed by atoms with Gasteiger partial charge in [0, 0.05) is 5.69 Å². The standard InChI is InChI=1S/C28H32N2O5S/c1-4-5-19-35-28(32)23-11-15-24(16-12-23)29-27(31)20-30(25-17-13-22(14-18-25)21(2)3)36(33,34)26-9-7-6-8-10-26/h6-18,21H,4-5,19-20H2,1-3H3,(H,29,31). The monoisotopic (exact) mass is 508 g/mol. The average molecular weight is 509 g/mol. The van der Waals surface area contributed by atoms with Crippen molar-refractivity contribution in [3.05, 3.63) is 90.0 Å². The number of carbonyl (C=O) groups is 2. The maximum Gasteiger partial charge on any atom is 0.338 e. The molecule has 0 radical (unpaired) electrons. The van der Waals surface area contributed by atoms with Crippen LogP contribution >= 0.6 is 0 Å². The molecule has 3 aromatic rings. The van der Waals surface area contributed by atoms with E-state index in [9.17, 15) is 18.0 Å². The second kappa shape index (κ2) is 12.4. The maximum atomic E-state index is 13.5. The van der Waals surface area contributed by atoms with E-state index in [2.05, 4.69) is 19.2 Å². The van der Waals surface area contributed by atoms with Crippen LogP contribution in [0, 0.1) is 0 Å². The summed E-state index contributed by atoms with van der Waals surface area (Å²) in [4.78, 5) is 25.1. The van der Waals surface area contributed by atoms with Gasteiger partial charge in [-0.2, -0.15) is 0 Å². The molecule has 0 unspecified atom stereocenters. The van der Waals surface area contributed by atoms with Crippen LogP contribution in [0.15, 0.2) is 83.8 Å². The van der Waals surface area contributed by atoms with Crippen molar-refractivity contribution in [2.75, 3.05) is 22.8 Å². The molecule has 0 atom stereocenters. The first-order chi connectivity index (χ1) is 17.2. The van der Waals surface area contributed by atoms with Crippen LogP contribution in [0.1, 0.15) is 55.5 Å². The minimum atomic E-state index is -3.99. The molecule has 0 saturated carbocycles. The number of hydrogen-bond donors (Lipinski definition) is 1. The van der Waals surface area contributed by atoms with Crippen molar-refractivity contribution < 1.29 is 22.7 Å². The zero-order valence-corrected chi connectivity index (χ0v) is 21.6. The summed E-state index contributed by atoms with van der Waals surface area (Å²) in [6.45, 7) is 6.06. The lowest BCUT2D eigenvalue weighted by atomic mass is 10.0. The van der Waals surface area contributed by atoms with Gasteiger partial charge in [0.2, 0.25) is 5.91 Å². The van der Waals surface area contributed by atoms with E-state index >= 15 is 0 Å². The number of carbonyl (C=O) groups excluding carboxylic acids is 2. The van der Waals surface area contributed by atoms with Crippen molar-refractivity contribution in [2.24, 2.45) is 0 Å². The molecule has 0 heterocycles. The third-order valence-electron chi connectivity index (χ3n) is 5.60. The molecule has 3 rings (SSSR count). The lowest BCUT2D eigenvalue weighted by molar-refractivity contribution is -0.114. The van der Waals surface area contributed by atoms with E-state index in [4.69, 9.17) is 4.74 Å². The summed E-state index contributed by atoms with van der Waals surface area (Å²) in [5.74, 6) is -0.652. The lowest BCUT2D eigenvalue weighted by Gasteiger charge is -2.24. The van der Waals surface area contributed by atoms with Gasteiger partial charge in [0.15, 0.2) is 0 Å². The van der Waals surface area contributed by atoms with E-state index in [0.29, 0.717) is 23.5 Å². The van der Waals surface area contributed by atoms with Crippen LogP contribution in [0.4, 0.5) is 11.4 Å². The van der Waals surface area contributed by atoms with E-state index in [1.165, 1.54) is 12.1 Å². The van der Waals surface area contributed by atoms with E-state index in [1.807, 2.05) is 19.1 Å². The van der Waals surface area contributed by atoms with Crippen molar-refractivity contribution in [2.45, 2.75) is 44.4 Å². The maximum absolute atomic E-state index is 13.5. The highest BCUT2D eigenvalue weighted by Crippen LogP contribution is 2.26. The second-order valence-corrected chi connectivity index (χ2v) is 10.5. The van der Waals surface area contributed by atoms with Gasteiger partial charge in [-0.3, -0.25) is 9.10 Å². The average Bonchev–Trinajstić information content (AvgIpc) is 2.88. The van der Waals surface area contributed by atoms with Gasteiger partial charge in [-0.25, -0.2) is 13.2 Å². The molecule has 190 valence electrons. The van der Waals surface area contributed by atoms with Crippen LogP contribution in [-0.4, -0.2) is 33.4 Å². The Morgan fingerprint density at radius 3 is 2.14 bits per heavy atom. The fraction of sp³-hybridized carbons (Fsp3) is 0.286. The van der Waals surface area contributed by atoms with E-state index in [0.717, 1.165) is 22.7 Å². The molecule has 0 spiro atoms. The van der Waals surface area contributed by atoms with Crippen molar-refractivity contribution in [1.29, 1.82) is 0 Å². The zero-order valence-electron chi connectivity index (χ0n) is 20.8. The summed E-state index contributed by atoms with van der Waals surface area (Å²) in [6, 6.07) is 21.5. The largest absolute Gasteiger partial charge is 0.462 e. The number of ether oxygens (including phenoxy) is 1. The van der Waals surface area contributed by atoms with Gasteiger partial charge in [-0.1, -0.05) is 57.5 Å². The third-order valence-corrected chi connectivity index (χ3v) is 7.39. The molecule has 1 amide bonds. The Morgan fingerprint density at radius 1 is 0.917 bits per heavy atom.